The molecule has 0 unspecified atom stereocenters. The second kappa shape index (κ2) is 6.55. The number of aromatic nitrogens is 2. The molecular formula is C19H22N4O2. The minimum Gasteiger partial charge on any atom is -0.363 e. The summed E-state index contributed by atoms with van der Waals surface area (Å²) in [6.07, 6.45) is 0. The van der Waals surface area contributed by atoms with Gasteiger partial charge >= 0.3 is 0 Å². The zero-order chi connectivity index (χ0) is 18.1. The van der Waals surface area contributed by atoms with Gasteiger partial charge in [0.25, 0.3) is 5.91 Å². The molecule has 0 bridgehead atoms. The molecule has 0 saturated carbocycles. The molecule has 6 nitrogen and oxygen atoms in total. The van der Waals surface area contributed by atoms with Crippen LogP contribution in [0.1, 0.15) is 27.4 Å². The Morgan fingerprint density at radius 2 is 1.88 bits per heavy atom. The summed E-state index contributed by atoms with van der Waals surface area (Å²) in [6, 6.07) is 9.54. The van der Waals surface area contributed by atoms with Gasteiger partial charge in [0.05, 0.1) is 23.3 Å². The van der Waals surface area contributed by atoms with Gasteiger partial charge in [-0.2, -0.15) is 0 Å². The Kier molecular flexibility index (Phi) is 4.44. The summed E-state index contributed by atoms with van der Waals surface area (Å²) in [5, 5.41) is 4.81. The zero-order valence-electron chi connectivity index (χ0n) is 15.2. The van der Waals surface area contributed by atoms with E-state index in [2.05, 4.69) is 10.1 Å². The Morgan fingerprint density at radius 1 is 1.16 bits per heavy atom. The van der Waals surface area contributed by atoms with Crippen LogP contribution in [0, 0.1) is 13.8 Å². The van der Waals surface area contributed by atoms with E-state index in [0.29, 0.717) is 12.1 Å². The lowest BCUT2D eigenvalue weighted by atomic mass is 10.1. The highest BCUT2D eigenvalue weighted by molar-refractivity contribution is 6.06. The van der Waals surface area contributed by atoms with Gasteiger partial charge in [0.1, 0.15) is 11.6 Å². The topological polar surface area (TPSA) is 62.5 Å². The van der Waals surface area contributed by atoms with Crippen LogP contribution in [0.3, 0.4) is 0 Å². The van der Waals surface area contributed by atoms with Crippen molar-refractivity contribution < 1.29 is 9.32 Å². The van der Waals surface area contributed by atoms with E-state index in [9.17, 15) is 4.79 Å². The summed E-state index contributed by atoms with van der Waals surface area (Å²) >= 11 is 0. The average Bonchev–Trinajstić information content (AvgIpc) is 2.91. The van der Waals surface area contributed by atoms with E-state index in [4.69, 9.17) is 4.52 Å². The number of amides is 1. The van der Waals surface area contributed by atoms with Crippen LogP contribution in [0.15, 0.2) is 34.9 Å². The van der Waals surface area contributed by atoms with Gasteiger partial charge in [0.15, 0.2) is 0 Å². The molecule has 0 saturated heterocycles. The fraction of sp³-hybridized carbons (Fsp3) is 0.316. The van der Waals surface area contributed by atoms with Gasteiger partial charge in [-0.15, -0.1) is 0 Å². The maximum absolute atomic E-state index is 13.1. The van der Waals surface area contributed by atoms with Crippen molar-refractivity contribution in [3.63, 3.8) is 0 Å². The molecule has 0 atom stereocenters. The van der Waals surface area contributed by atoms with E-state index in [1.165, 1.54) is 0 Å². The van der Waals surface area contributed by atoms with Gasteiger partial charge in [-0.1, -0.05) is 23.4 Å². The van der Waals surface area contributed by atoms with Crippen LogP contribution in [-0.4, -0.2) is 42.1 Å². The van der Waals surface area contributed by atoms with Crippen molar-refractivity contribution in [2.45, 2.75) is 20.4 Å². The van der Waals surface area contributed by atoms with Crippen LogP contribution in [0.4, 0.5) is 5.82 Å². The number of para-hydroxylation sites is 1. The standard InChI is InChI=1S/C19H22N4O2/c1-12-16(13(2)25-21-12)11-23(5)19(24)15-10-18(22(3)4)20-17-9-7-6-8-14(15)17/h6-10H,11H2,1-5H3. The second-order valence-electron chi connectivity index (χ2n) is 6.40. The van der Waals surface area contributed by atoms with Crippen LogP contribution in [0.25, 0.3) is 10.9 Å². The van der Waals surface area contributed by atoms with E-state index < -0.39 is 0 Å². The highest BCUT2D eigenvalue weighted by Crippen LogP contribution is 2.24. The van der Waals surface area contributed by atoms with Crippen LogP contribution in [-0.2, 0) is 6.54 Å². The van der Waals surface area contributed by atoms with Gasteiger partial charge in [-0.05, 0) is 26.0 Å². The smallest absolute Gasteiger partial charge is 0.254 e. The summed E-state index contributed by atoms with van der Waals surface area (Å²) < 4.78 is 5.20. The Bertz CT molecular complexity index is 911. The number of aryl methyl sites for hydroxylation is 2. The highest BCUT2D eigenvalue weighted by atomic mass is 16.5. The van der Waals surface area contributed by atoms with E-state index in [0.717, 1.165) is 33.7 Å². The molecule has 3 rings (SSSR count). The molecule has 0 aliphatic carbocycles. The van der Waals surface area contributed by atoms with Gasteiger partial charge in [-0.25, -0.2) is 4.98 Å². The number of nitrogens with zero attached hydrogens (tertiary/aromatic N) is 4. The van der Waals surface area contributed by atoms with Gasteiger partial charge in [0.2, 0.25) is 0 Å². The SMILES string of the molecule is Cc1noc(C)c1CN(C)C(=O)c1cc(N(C)C)nc2ccccc12. The van der Waals surface area contributed by atoms with Crippen molar-refractivity contribution in [2.75, 3.05) is 26.0 Å². The third-order valence-electron chi connectivity index (χ3n) is 4.31. The maximum Gasteiger partial charge on any atom is 0.254 e. The first-order valence-electron chi connectivity index (χ1n) is 8.12. The molecule has 6 heteroatoms. The van der Waals surface area contributed by atoms with Crippen molar-refractivity contribution in [1.82, 2.24) is 15.0 Å². The number of hydrogen-bond acceptors (Lipinski definition) is 5. The maximum atomic E-state index is 13.1. The highest BCUT2D eigenvalue weighted by Gasteiger charge is 2.20. The molecular weight excluding hydrogens is 316 g/mol. The summed E-state index contributed by atoms with van der Waals surface area (Å²) in [6.45, 7) is 4.20. The van der Waals surface area contributed by atoms with Crippen LogP contribution >= 0.6 is 0 Å². The minimum absolute atomic E-state index is 0.0540. The lowest BCUT2D eigenvalue weighted by Gasteiger charge is -2.20. The van der Waals surface area contributed by atoms with Crippen molar-refractivity contribution in [1.29, 1.82) is 0 Å². The van der Waals surface area contributed by atoms with Crippen molar-refractivity contribution in [3.05, 3.63) is 52.9 Å². The largest absolute Gasteiger partial charge is 0.363 e. The average molecular weight is 338 g/mol. The fourth-order valence-electron chi connectivity index (χ4n) is 2.81. The number of anilines is 1. The van der Waals surface area contributed by atoms with E-state index >= 15 is 0 Å². The first-order chi connectivity index (χ1) is 11.9. The van der Waals surface area contributed by atoms with Crippen LogP contribution in [0.5, 0.6) is 0 Å². The van der Waals surface area contributed by atoms with Gasteiger partial charge in [0, 0.05) is 32.1 Å². The summed E-state index contributed by atoms with van der Waals surface area (Å²) in [7, 11) is 5.62. The number of rotatable bonds is 4. The monoisotopic (exact) mass is 338 g/mol. The normalized spacial score (nSPS) is 10.9. The van der Waals surface area contributed by atoms with Crippen LogP contribution in [0.2, 0.25) is 0 Å². The predicted octanol–water partition coefficient (Wildman–Crippen LogP) is 3.18. The Labute approximate surface area is 147 Å². The van der Waals surface area contributed by atoms with E-state index in [1.54, 1.807) is 11.9 Å². The molecule has 0 radical (unpaired) electrons. The quantitative estimate of drug-likeness (QED) is 0.731. The van der Waals surface area contributed by atoms with Gasteiger partial charge < -0.3 is 14.3 Å². The predicted molar refractivity (Wildman–Crippen MR) is 97.8 cm³/mol. The lowest BCUT2D eigenvalue weighted by Crippen LogP contribution is -2.27. The second-order valence-corrected chi connectivity index (χ2v) is 6.40. The molecule has 2 heterocycles. The summed E-state index contributed by atoms with van der Waals surface area (Å²) in [5.74, 6) is 1.44. The molecule has 1 amide bonds. The minimum atomic E-state index is -0.0540. The number of pyridine rings is 1. The van der Waals surface area contributed by atoms with Gasteiger partial charge in [-0.3, -0.25) is 4.79 Å². The van der Waals surface area contributed by atoms with Crippen molar-refractivity contribution in [3.8, 4) is 0 Å². The first-order valence-corrected chi connectivity index (χ1v) is 8.12. The number of benzene rings is 1. The van der Waals surface area contributed by atoms with Crippen molar-refractivity contribution >= 4 is 22.6 Å². The number of fused-ring (bicyclic) bond motifs is 1. The third-order valence-corrected chi connectivity index (χ3v) is 4.31. The molecule has 3 aromatic rings. The molecule has 1 aromatic carbocycles. The molecule has 2 aromatic heterocycles. The molecule has 0 aliphatic heterocycles. The first kappa shape index (κ1) is 17.0. The zero-order valence-corrected chi connectivity index (χ0v) is 15.2. The lowest BCUT2D eigenvalue weighted by molar-refractivity contribution is 0.0786. The Morgan fingerprint density at radius 3 is 2.52 bits per heavy atom. The molecule has 0 spiro atoms. The molecule has 130 valence electrons. The molecule has 0 N–H and O–H groups in total. The van der Waals surface area contributed by atoms with Crippen LogP contribution < -0.4 is 4.90 Å². The summed E-state index contributed by atoms with van der Waals surface area (Å²) in [5.41, 5.74) is 3.21. The Hall–Kier alpha value is -2.89. The number of carbonyl (C=O) groups is 1. The molecule has 0 aliphatic rings. The van der Waals surface area contributed by atoms with Crippen molar-refractivity contribution in [2.24, 2.45) is 0 Å². The molecule has 25 heavy (non-hydrogen) atoms. The van der Waals surface area contributed by atoms with E-state index in [-0.39, 0.29) is 5.91 Å². The van der Waals surface area contributed by atoms with E-state index in [1.807, 2.05) is 63.2 Å². The number of carbonyl (C=O) groups excluding carboxylic acids is 1. The fourth-order valence-corrected chi connectivity index (χ4v) is 2.81. The summed E-state index contributed by atoms with van der Waals surface area (Å²) in [4.78, 5) is 21.3. The Balaban J connectivity index is 2.01. The molecule has 0 fully saturated rings. The number of hydrogen-bond donors (Lipinski definition) is 0. The third kappa shape index (κ3) is 3.20.